The second kappa shape index (κ2) is 5.85. The Bertz CT molecular complexity index is 469. The van der Waals surface area contributed by atoms with Crippen molar-refractivity contribution in [2.24, 2.45) is 5.92 Å². The summed E-state index contributed by atoms with van der Waals surface area (Å²) in [6, 6.07) is 0. The average Bonchev–Trinajstić information content (AvgIpc) is 2.35. The van der Waals surface area contributed by atoms with Crippen LogP contribution in [-0.4, -0.2) is 31.5 Å². The third kappa shape index (κ3) is 3.12. The number of halogens is 4. The van der Waals surface area contributed by atoms with E-state index in [2.05, 4.69) is 10.3 Å². The monoisotopic (exact) mass is 279 g/mol. The van der Waals surface area contributed by atoms with Crippen LogP contribution in [0.4, 0.5) is 23.2 Å². The van der Waals surface area contributed by atoms with Gasteiger partial charge in [0.25, 0.3) is 11.9 Å². The number of hydrogen-bond acceptors (Lipinski definition) is 3. The Labute approximate surface area is 107 Å². The summed E-state index contributed by atoms with van der Waals surface area (Å²) in [4.78, 5) is 14.7. The summed E-state index contributed by atoms with van der Waals surface area (Å²) in [7, 11) is 2.63. The van der Waals surface area contributed by atoms with Gasteiger partial charge in [-0.1, -0.05) is 6.92 Å². The molecule has 0 bridgehead atoms. The fraction of sp³-hybridized carbons (Fsp3) is 0.455. The van der Waals surface area contributed by atoms with Crippen LogP contribution in [0.2, 0.25) is 0 Å². The Hall–Kier alpha value is -1.86. The van der Waals surface area contributed by atoms with Crippen molar-refractivity contribution in [1.29, 1.82) is 0 Å². The van der Waals surface area contributed by atoms with E-state index in [0.29, 0.717) is 0 Å². The standard InChI is InChI=1S/C11H13F4N3O/c1-5(11(19)16-2)4-18(3)8-6(12)9(14)17-10(15)7(8)13/h5H,4H2,1-3H3,(H,16,19). The second-order valence-electron chi connectivity index (χ2n) is 4.07. The quantitative estimate of drug-likeness (QED) is 0.670. The number of nitrogens with zero attached hydrogens (tertiary/aromatic N) is 2. The number of aromatic nitrogens is 1. The number of carbonyl (C=O) groups excluding carboxylic acids is 1. The van der Waals surface area contributed by atoms with Gasteiger partial charge < -0.3 is 10.2 Å². The fourth-order valence-electron chi connectivity index (χ4n) is 1.64. The highest BCUT2D eigenvalue weighted by Crippen LogP contribution is 2.25. The van der Waals surface area contributed by atoms with Crippen LogP contribution in [0.3, 0.4) is 0 Å². The van der Waals surface area contributed by atoms with Crippen molar-refractivity contribution in [3.63, 3.8) is 0 Å². The molecule has 8 heteroatoms. The summed E-state index contributed by atoms with van der Waals surface area (Å²) < 4.78 is 52.8. The first kappa shape index (κ1) is 15.2. The zero-order valence-corrected chi connectivity index (χ0v) is 10.6. The van der Waals surface area contributed by atoms with Crippen molar-refractivity contribution in [1.82, 2.24) is 10.3 Å². The lowest BCUT2D eigenvalue weighted by Crippen LogP contribution is -2.35. The molecule has 0 saturated carbocycles. The third-order valence-electron chi connectivity index (χ3n) is 2.60. The molecule has 0 saturated heterocycles. The summed E-state index contributed by atoms with van der Waals surface area (Å²) in [6.07, 6.45) is 0. The molecule has 1 amide bonds. The van der Waals surface area contributed by atoms with Crippen molar-refractivity contribution >= 4 is 11.6 Å². The van der Waals surface area contributed by atoms with Crippen LogP contribution in [0.15, 0.2) is 0 Å². The summed E-state index contributed by atoms with van der Waals surface area (Å²) in [5.41, 5.74) is -0.888. The molecule has 0 spiro atoms. The van der Waals surface area contributed by atoms with Gasteiger partial charge >= 0.3 is 0 Å². The molecule has 0 fully saturated rings. The van der Waals surface area contributed by atoms with Gasteiger partial charge in [0, 0.05) is 20.6 Å². The minimum Gasteiger partial charge on any atom is -0.369 e. The summed E-state index contributed by atoms with van der Waals surface area (Å²) in [6.45, 7) is 1.40. The maximum Gasteiger partial charge on any atom is 0.253 e. The Balaban J connectivity index is 3.06. The van der Waals surface area contributed by atoms with Gasteiger partial charge in [-0.2, -0.15) is 22.5 Å². The lowest BCUT2D eigenvalue weighted by Gasteiger charge is -2.23. The van der Waals surface area contributed by atoms with Crippen LogP contribution < -0.4 is 10.2 Å². The maximum atomic E-state index is 13.4. The number of anilines is 1. The van der Waals surface area contributed by atoms with Crippen LogP contribution in [0.5, 0.6) is 0 Å². The number of hydrogen-bond donors (Lipinski definition) is 1. The molecule has 0 aromatic carbocycles. The second-order valence-corrected chi connectivity index (χ2v) is 4.07. The van der Waals surface area contributed by atoms with Gasteiger partial charge in [0.15, 0.2) is 0 Å². The molecule has 1 aromatic rings. The van der Waals surface area contributed by atoms with Gasteiger partial charge in [-0.3, -0.25) is 4.79 Å². The van der Waals surface area contributed by atoms with E-state index in [0.717, 1.165) is 4.90 Å². The highest BCUT2D eigenvalue weighted by molar-refractivity contribution is 5.78. The molecule has 1 heterocycles. The molecule has 1 unspecified atom stereocenters. The number of pyridine rings is 1. The van der Waals surface area contributed by atoms with E-state index in [1.165, 1.54) is 21.0 Å². The van der Waals surface area contributed by atoms with E-state index in [1.807, 2.05) is 0 Å². The zero-order chi connectivity index (χ0) is 14.7. The van der Waals surface area contributed by atoms with Crippen molar-refractivity contribution in [3.05, 3.63) is 23.5 Å². The Morgan fingerprint density at radius 3 is 2.16 bits per heavy atom. The lowest BCUT2D eigenvalue weighted by molar-refractivity contribution is -0.123. The molecule has 19 heavy (non-hydrogen) atoms. The summed E-state index contributed by atoms with van der Waals surface area (Å²) >= 11 is 0. The molecular weight excluding hydrogens is 266 g/mol. The molecule has 4 nitrogen and oxygen atoms in total. The van der Waals surface area contributed by atoms with E-state index in [1.54, 1.807) is 0 Å². The van der Waals surface area contributed by atoms with Crippen LogP contribution in [0, 0.1) is 29.4 Å². The normalized spacial score (nSPS) is 12.2. The topological polar surface area (TPSA) is 45.2 Å². The van der Waals surface area contributed by atoms with Gasteiger partial charge in [-0.05, 0) is 0 Å². The van der Waals surface area contributed by atoms with Gasteiger partial charge in [0.2, 0.25) is 17.5 Å². The highest BCUT2D eigenvalue weighted by Gasteiger charge is 2.25. The lowest BCUT2D eigenvalue weighted by atomic mass is 10.1. The SMILES string of the molecule is CNC(=O)C(C)CN(C)c1c(F)c(F)nc(F)c1F. The predicted molar refractivity (Wildman–Crippen MR) is 60.6 cm³/mol. The predicted octanol–water partition coefficient (Wildman–Crippen LogP) is 1.46. The minimum absolute atomic E-state index is 0.115. The highest BCUT2D eigenvalue weighted by atomic mass is 19.2. The molecule has 1 rings (SSSR count). The molecule has 0 aliphatic carbocycles. The molecule has 1 atom stereocenters. The van der Waals surface area contributed by atoms with Gasteiger partial charge in [-0.15, -0.1) is 0 Å². The van der Waals surface area contributed by atoms with Gasteiger partial charge in [0.05, 0.1) is 5.92 Å². The number of amides is 1. The zero-order valence-electron chi connectivity index (χ0n) is 10.6. The number of nitrogens with one attached hydrogen (secondary N) is 1. The molecule has 106 valence electrons. The van der Waals surface area contributed by atoms with Gasteiger partial charge in [0.1, 0.15) is 5.69 Å². The van der Waals surface area contributed by atoms with E-state index in [9.17, 15) is 22.4 Å². The summed E-state index contributed by atoms with van der Waals surface area (Å²) in [5, 5.41) is 2.36. The van der Waals surface area contributed by atoms with E-state index < -0.39 is 35.1 Å². The van der Waals surface area contributed by atoms with Crippen molar-refractivity contribution in [3.8, 4) is 0 Å². The number of rotatable bonds is 4. The van der Waals surface area contributed by atoms with Crippen LogP contribution in [0.1, 0.15) is 6.92 Å². The summed E-state index contributed by atoms with van der Waals surface area (Å²) in [5.74, 6) is -7.62. The first-order valence-electron chi connectivity index (χ1n) is 5.42. The molecule has 0 radical (unpaired) electrons. The first-order chi connectivity index (χ1) is 8.79. The Kier molecular flexibility index (Phi) is 4.68. The van der Waals surface area contributed by atoms with E-state index >= 15 is 0 Å². The van der Waals surface area contributed by atoms with Crippen LogP contribution in [0.25, 0.3) is 0 Å². The van der Waals surface area contributed by atoms with Crippen LogP contribution in [-0.2, 0) is 4.79 Å². The third-order valence-corrected chi connectivity index (χ3v) is 2.60. The van der Waals surface area contributed by atoms with E-state index in [4.69, 9.17) is 0 Å². The molecule has 1 N–H and O–H groups in total. The molecule has 0 aliphatic heterocycles. The first-order valence-corrected chi connectivity index (χ1v) is 5.42. The fourth-order valence-corrected chi connectivity index (χ4v) is 1.64. The van der Waals surface area contributed by atoms with Crippen molar-refractivity contribution < 1.29 is 22.4 Å². The van der Waals surface area contributed by atoms with Crippen molar-refractivity contribution in [2.45, 2.75) is 6.92 Å². The molecular formula is C11H13F4N3O. The molecule has 1 aromatic heterocycles. The van der Waals surface area contributed by atoms with Crippen molar-refractivity contribution in [2.75, 3.05) is 25.5 Å². The minimum atomic E-state index is -1.73. The Morgan fingerprint density at radius 1 is 1.26 bits per heavy atom. The molecule has 0 aliphatic rings. The van der Waals surface area contributed by atoms with Gasteiger partial charge in [-0.25, -0.2) is 0 Å². The average molecular weight is 279 g/mol. The largest absolute Gasteiger partial charge is 0.369 e. The smallest absolute Gasteiger partial charge is 0.253 e. The Morgan fingerprint density at radius 2 is 1.74 bits per heavy atom. The maximum absolute atomic E-state index is 13.4. The van der Waals surface area contributed by atoms with E-state index in [-0.39, 0.29) is 12.5 Å². The number of carbonyl (C=O) groups is 1. The van der Waals surface area contributed by atoms with Crippen LogP contribution >= 0.6 is 0 Å².